The average Bonchev–Trinajstić information content (AvgIpc) is 3.31. The van der Waals surface area contributed by atoms with Crippen molar-refractivity contribution in [1.29, 1.82) is 0 Å². The number of hydrogen-bond donors (Lipinski definition) is 0. The van der Waals surface area contributed by atoms with E-state index in [1.807, 2.05) is 24.3 Å². The van der Waals surface area contributed by atoms with Crippen LogP contribution in [0.5, 0.6) is 34.5 Å². The van der Waals surface area contributed by atoms with Crippen molar-refractivity contribution in [1.82, 2.24) is 19.5 Å². The predicted molar refractivity (Wildman–Crippen MR) is 136 cm³/mol. The van der Waals surface area contributed by atoms with Gasteiger partial charge in [-0.1, -0.05) is 0 Å². The van der Waals surface area contributed by atoms with Crippen molar-refractivity contribution >= 4 is 11.2 Å². The van der Waals surface area contributed by atoms with Gasteiger partial charge in [-0.05, 0) is 38.1 Å². The minimum absolute atomic E-state index is 0.0479. The van der Waals surface area contributed by atoms with Gasteiger partial charge in [0, 0.05) is 17.2 Å². The molecule has 10 nitrogen and oxygen atoms in total. The van der Waals surface area contributed by atoms with Crippen molar-refractivity contribution in [2.75, 3.05) is 42.7 Å². The molecule has 0 aliphatic heterocycles. The van der Waals surface area contributed by atoms with Crippen LogP contribution in [0.15, 0.2) is 30.6 Å². The number of fused-ring (bicyclic) bond motifs is 1. The van der Waals surface area contributed by atoms with Crippen LogP contribution in [-0.4, -0.2) is 62.2 Å². The molecule has 0 saturated heterocycles. The standard InChI is InChI=1S/C26H30N4O6/c1-14(2)30-25(16-11-19(33-5)24(36-8)20(12-16)34-6)29-22-21(27-13-28-26(22)30)15-9-17(31-3)23(35-7)18(10-15)32-4/h9-14H,1-8H3. The largest absolute Gasteiger partial charge is 0.493 e. The van der Waals surface area contributed by atoms with E-state index in [4.69, 9.17) is 33.4 Å². The van der Waals surface area contributed by atoms with Crippen LogP contribution in [0.2, 0.25) is 0 Å². The summed E-state index contributed by atoms with van der Waals surface area (Å²) in [5, 5.41) is 0. The molecule has 2 heterocycles. The lowest BCUT2D eigenvalue weighted by Crippen LogP contribution is -2.05. The highest BCUT2D eigenvalue weighted by atomic mass is 16.5. The van der Waals surface area contributed by atoms with Gasteiger partial charge in [0.2, 0.25) is 11.5 Å². The number of ether oxygens (including phenoxy) is 6. The van der Waals surface area contributed by atoms with Crippen molar-refractivity contribution in [2.24, 2.45) is 0 Å². The van der Waals surface area contributed by atoms with Gasteiger partial charge in [0.1, 0.15) is 23.4 Å². The summed E-state index contributed by atoms with van der Waals surface area (Å²) in [6.45, 7) is 4.15. The number of rotatable bonds is 9. The van der Waals surface area contributed by atoms with E-state index < -0.39 is 0 Å². The van der Waals surface area contributed by atoms with Crippen LogP contribution in [0.25, 0.3) is 33.8 Å². The monoisotopic (exact) mass is 494 g/mol. The minimum atomic E-state index is 0.0479. The zero-order valence-electron chi connectivity index (χ0n) is 21.7. The Morgan fingerprint density at radius 2 is 1.11 bits per heavy atom. The summed E-state index contributed by atoms with van der Waals surface area (Å²) in [6.07, 6.45) is 1.53. The second kappa shape index (κ2) is 10.2. The average molecular weight is 495 g/mol. The van der Waals surface area contributed by atoms with Gasteiger partial charge >= 0.3 is 0 Å². The molecule has 0 unspecified atom stereocenters. The summed E-state index contributed by atoms with van der Waals surface area (Å²) in [5.41, 5.74) is 3.48. The Balaban J connectivity index is 2.02. The molecule has 0 fully saturated rings. The number of benzene rings is 2. The van der Waals surface area contributed by atoms with Gasteiger partial charge in [0.15, 0.2) is 28.6 Å². The molecule has 0 saturated carbocycles. The molecule has 0 N–H and O–H groups in total. The van der Waals surface area contributed by atoms with E-state index in [0.717, 1.165) is 11.1 Å². The molecule has 4 rings (SSSR count). The third kappa shape index (κ3) is 4.08. The van der Waals surface area contributed by atoms with Crippen LogP contribution in [-0.2, 0) is 0 Å². The van der Waals surface area contributed by atoms with Crippen molar-refractivity contribution in [3.63, 3.8) is 0 Å². The molecule has 0 bridgehead atoms. The van der Waals surface area contributed by atoms with Gasteiger partial charge in [0.25, 0.3) is 0 Å². The van der Waals surface area contributed by atoms with Crippen LogP contribution >= 0.6 is 0 Å². The summed E-state index contributed by atoms with van der Waals surface area (Å²) < 4.78 is 35.3. The highest BCUT2D eigenvalue weighted by Crippen LogP contribution is 2.44. The predicted octanol–water partition coefficient (Wildman–Crippen LogP) is 4.79. The maximum absolute atomic E-state index is 5.57. The van der Waals surface area contributed by atoms with E-state index in [1.54, 1.807) is 42.7 Å². The second-order valence-electron chi connectivity index (χ2n) is 8.12. The quantitative estimate of drug-likeness (QED) is 0.325. The summed E-state index contributed by atoms with van der Waals surface area (Å²) in [6, 6.07) is 7.47. The maximum Gasteiger partial charge on any atom is 0.203 e. The van der Waals surface area contributed by atoms with Gasteiger partial charge in [-0.25, -0.2) is 15.0 Å². The molecule has 0 radical (unpaired) electrons. The van der Waals surface area contributed by atoms with Crippen LogP contribution in [0.3, 0.4) is 0 Å². The number of hydrogen-bond acceptors (Lipinski definition) is 9. The first-order valence-electron chi connectivity index (χ1n) is 11.3. The Hall–Kier alpha value is -4.21. The number of aromatic nitrogens is 4. The zero-order chi connectivity index (χ0) is 26.0. The molecule has 0 aliphatic carbocycles. The van der Waals surface area contributed by atoms with Crippen molar-refractivity contribution in [3.05, 3.63) is 30.6 Å². The normalized spacial score (nSPS) is 11.0. The fraction of sp³-hybridized carbons (Fsp3) is 0.346. The molecule has 10 heteroatoms. The van der Waals surface area contributed by atoms with E-state index in [-0.39, 0.29) is 6.04 Å². The number of nitrogens with zero attached hydrogens (tertiary/aromatic N) is 4. The molecular formula is C26H30N4O6. The lowest BCUT2D eigenvalue weighted by Gasteiger charge is -2.16. The van der Waals surface area contributed by atoms with Crippen LogP contribution in [0, 0.1) is 0 Å². The summed E-state index contributed by atoms with van der Waals surface area (Å²) in [5.74, 6) is 3.80. The van der Waals surface area contributed by atoms with E-state index >= 15 is 0 Å². The fourth-order valence-corrected chi connectivity index (χ4v) is 4.24. The molecule has 4 aromatic rings. The highest BCUT2D eigenvalue weighted by Gasteiger charge is 2.24. The lowest BCUT2D eigenvalue weighted by atomic mass is 10.1. The van der Waals surface area contributed by atoms with E-state index in [1.165, 1.54) is 6.33 Å². The van der Waals surface area contributed by atoms with Crippen molar-refractivity contribution < 1.29 is 28.4 Å². The zero-order valence-corrected chi connectivity index (χ0v) is 21.7. The second-order valence-corrected chi connectivity index (χ2v) is 8.12. The number of imidazole rings is 1. The molecule has 190 valence electrons. The first-order chi connectivity index (χ1) is 17.4. The van der Waals surface area contributed by atoms with Gasteiger partial charge in [-0.15, -0.1) is 0 Å². The molecule has 2 aromatic heterocycles. The van der Waals surface area contributed by atoms with Crippen LogP contribution < -0.4 is 28.4 Å². The van der Waals surface area contributed by atoms with Crippen molar-refractivity contribution in [2.45, 2.75) is 19.9 Å². The molecule has 2 aromatic carbocycles. The van der Waals surface area contributed by atoms with Gasteiger partial charge in [-0.3, -0.25) is 0 Å². The Labute approximate surface area is 209 Å². The van der Waals surface area contributed by atoms with Crippen LogP contribution in [0.4, 0.5) is 0 Å². The molecule has 0 atom stereocenters. The topological polar surface area (TPSA) is 99.0 Å². The SMILES string of the molecule is COc1cc(-c2ncnc3c2nc(-c2cc(OC)c(OC)c(OC)c2)n3C(C)C)cc(OC)c1OC. The Morgan fingerprint density at radius 1 is 0.639 bits per heavy atom. The summed E-state index contributed by atoms with van der Waals surface area (Å²) >= 11 is 0. The Morgan fingerprint density at radius 3 is 1.53 bits per heavy atom. The Bertz CT molecular complexity index is 1350. The summed E-state index contributed by atoms with van der Waals surface area (Å²) in [4.78, 5) is 14.2. The van der Waals surface area contributed by atoms with Gasteiger partial charge in [-0.2, -0.15) is 0 Å². The molecular weight excluding hydrogens is 464 g/mol. The molecule has 0 amide bonds. The minimum Gasteiger partial charge on any atom is -0.493 e. The first kappa shape index (κ1) is 24.9. The van der Waals surface area contributed by atoms with E-state index in [2.05, 4.69) is 28.4 Å². The fourth-order valence-electron chi connectivity index (χ4n) is 4.24. The molecule has 0 aliphatic rings. The smallest absolute Gasteiger partial charge is 0.203 e. The lowest BCUT2D eigenvalue weighted by molar-refractivity contribution is 0.324. The molecule has 0 spiro atoms. The van der Waals surface area contributed by atoms with E-state index in [9.17, 15) is 0 Å². The van der Waals surface area contributed by atoms with Crippen molar-refractivity contribution in [3.8, 4) is 57.1 Å². The van der Waals surface area contributed by atoms with E-state index in [0.29, 0.717) is 57.2 Å². The molecule has 36 heavy (non-hydrogen) atoms. The van der Waals surface area contributed by atoms with Crippen LogP contribution in [0.1, 0.15) is 19.9 Å². The number of methoxy groups -OCH3 is 6. The Kier molecular flexibility index (Phi) is 7.05. The summed E-state index contributed by atoms with van der Waals surface area (Å²) in [7, 11) is 9.46. The first-order valence-corrected chi connectivity index (χ1v) is 11.3. The maximum atomic E-state index is 5.57. The third-order valence-corrected chi connectivity index (χ3v) is 5.85. The van der Waals surface area contributed by atoms with Gasteiger partial charge in [0.05, 0.1) is 42.7 Å². The highest BCUT2D eigenvalue weighted by molar-refractivity contribution is 5.91. The van der Waals surface area contributed by atoms with Gasteiger partial charge < -0.3 is 33.0 Å². The third-order valence-electron chi connectivity index (χ3n) is 5.85.